The maximum Gasteiger partial charge on any atom is 0.273 e. The van der Waals surface area contributed by atoms with Gasteiger partial charge in [-0.3, -0.25) is 9.20 Å². The third-order valence-electron chi connectivity index (χ3n) is 4.26. The summed E-state index contributed by atoms with van der Waals surface area (Å²) >= 11 is 1.61. The van der Waals surface area contributed by atoms with Crippen LogP contribution in [0, 0.1) is 20.8 Å². The van der Waals surface area contributed by atoms with E-state index in [1.54, 1.807) is 17.4 Å². The van der Waals surface area contributed by atoms with Crippen molar-refractivity contribution in [1.29, 1.82) is 0 Å². The van der Waals surface area contributed by atoms with Crippen molar-refractivity contribution in [2.75, 3.05) is 0 Å². The van der Waals surface area contributed by atoms with Gasteiger partial charge in [-0.2, -0.15) is 0 Å². The minimum absolute atomic E-state index is 0.210. The maximum absolute atomic E-state index is 12.3. The molecular formula is C20H20N4O3S. The molecule has 8 heteroatoms. The highest BCUT2D eigenvalue weighted by Gasteiger charge is 2.14. The number of thiazole rings is 1. The number of aryl methyl sites for hydroxylation is 3. The molecule has 3 aromatic heterocycles. The van der Waals surface area contributed by atoms with E-state index in [9.17, 15) is 4.79 Å². The molecule has 7 nitrogen and oxygen atoms in total. The molecule has 4 aromatic rings. The number of hydrogen-bond acceptors (Lipinski definition) is 6. The number of hydrogen-bond donors (Lipinski definition) is 1. The lowest BCUT2D eigenvalue weighted by Gasteiger charge is -2.07. The van der Waals surface area contributed by atoms with Crippen molar-refractivity contribution in [3.63, 3.8) is 0 Å². The first kappa shape index (κ1) is 18.2. The molecular weight excluding hydrogens is 376 g/mol. The Morgan fingerprint density at radius 1 is 1.25 bits per heavy atom. The van der Waals surface area contributed by atoms with E-state index >= 15 is 0 Å². The number of nitrogens with one attached hydrogen (secondary N) is 1. The Balaban J connectivity index is 1.34. The molecule has 4 rings (SSSR count). The number of imidazole rings is 1. The fourth-order valence-corrected chi connectivity index (χ4v) is 3.63. The van der Waals surface area contributed by atoms with Crippen molar-refractivity contribution in [3.8, 4) is 5.75 Å². The van der Waals surface area contributed by atoms with Gasteiger partial charge < -0.3 is 14.6 Å². The number of aromatic nitrogens is 3. The van der Waals surface area contributed by atoms with Gasteiger partial charge in [0, 0.05) is 23.3 Å². The first-order valence-corrected chi connectivity index (χ1v) is 9.67. The topological polar surface area (TPSA) is 81.7 Å². The molecule has 0 unspecified atom stereocenters. The lowest BCUT2D eigenvalue weighted by atomic mass is 10.1. The Kier molecular flexibility index (Phi) is 4.87. The molecule has 0 spiro atoms. The first-order chi connectivity index (χ1) is 13.5. The van der Waals surface area contributed by atoms with E-state index in [0.717, 1.165) is 27.5 Å². The fourth-order valence-electron chi connectivity index (χ4n) is 2.81. The second-order valence-corrected chi connectivity index (χ2v) is 7.90. The Labute approximate surface area is 166 Å². The number of rotatable bonds is 6. The Morgan fingerprint density at radius 3 is 2.93 bits per heavy atom. The highest BCUT2D eigenvalue weighted by Crippen LogP contribution is 2.21. The zero-order valence-corrected chi connectivity index (χ0v) is 16.7. The molecule has 0 aliphatic rings. The molecule has 1 N–H and O–H groups in total. The van der Waals surface area contributed by atoms with Crippen LogP contribution in [0.5, 0.6) is 5.75 Å². The molecule has 1 amide bonds. The summed E-state index contributed by atoms with van der Waals surface area (Å²) in [4.78, 5) is 18.9. The van der Waals surface area contributed by atoms with Crippen molar-refractivity contribution in [2.45, 2.75) is 33.9 Å². The zero-order valence-electron chi connectivity index (χ0n) is 15.9. The van der Waals surface area contributed by atoms with Crippen LogP contribution in [0.3, 0.4) is 0 Å². The highest BCUT2D eigenvalue weighted by molar-refractivity contribution is 7.16. The van der Waals surface area contributed by atoms with Gasteiger partial charge in [0.05, 0.1) is 12.2 Å². The number of amides is 1. The monoisotopic (exact) mass is 396 g/mol. The van der Waals surface area contributed by atoms with Crippen LogP contribution in [0.1, 0.15) is 37.9 Å². The minimum atomic E-state index is -0.311. The van der Waals surface area contributed by atoms with Gasteiger partial charge in [0.25, 0.3) is 5.91 Å². The molecule has 0 saturated heterocycles. The molecule has 28 heavy (non-hydrogen) atoms. The summed E-state index contributed by atoms with van der Waals surface area (Å²) in [6.07, 6.45) is 3.92. The summed E-state index contributed by atoms with van der Waals surface area (Å²) < 4.78 is 13.0. The van der Waals surface area contributed by atoms with Gasteiger partial charge in [-0.1, -0.05) is 17.3 Å². The van der Waals surface area contributed by atoms with Crippen LogP contribution in [0.25, 0.3) is 4.96 Å². The molecule has 0 saturated carbocycles. The van der Waals surface area contributed by atoms with Crippen LogP contribution in [-0.2, 0) is 13.2 Å². The molecule has 0 radical (unpaired) electrons. The van der Waals surface area contributed by atoms with E-state index in [4.69, 9.17) is 9.26 Å². The predicted molar refractivity (Wildman–Crippen MR) is 106 cm³/mol. The quantitative estimate of drug-likeness (QED) is 0.536. The highest BCUT2D eigenvalue weighted by atomic mass is 32.1. The van der Waals surface area contributed by atoms with Gasteiger partial charge in [-0.15, -0.1) is 11.3 Å². The molecule has 0 bridgehead atoms. The van der Waals surface area contributed by atoms with Crippen molar-refractivity contribution in [2.24, 2.45) is 0 Å². The summed E-state index contributed by atoms with van der Waals surface area (Å²) in [5, 5.41) is 6.65. The Morgan fingerprint density at radius 2 is 2.11 bits per heavy atom. The molecule has 0 aliphatic heterocycles. The lowest BCUT2D eigenvalue weighted by molar-refractivity contribution is 0.0941. The Hall–Kier alpha value is -3.13. The molecule has 144 valence electrons. The van der Waals surface area contributed by atoms with Gasteiger partial charge in [-0.05, 0) is 38.0 Å². The van der Waals surface area contributed by atoms with Crippen LogP contribution < -0.4 is 10.1 Å². The largest absolute Gasteiger partial charge is 0.485 e. The number of ether oxygens (including phenoxy) is 1. The molecule has 3 heterocycles. The third kappa shape index (κ3) is 3.91. The molecule has 0 aliphatic carbocycles. The summed E-state index contributed by atoms with van der Waals surface area (Å²) in [5.74, 6) is 0.968. The van der Waals surface area contributed by atoms with Crippen LogP contribution >= 0.6 is 11.3 Å². The van der Waals surface area contributed by atoms with Gasteiger partial charge in [-0.25, -0.2) is 4.98 Å². The second kappa shape index (κ2) is 7.47. The van der Waals surface area contributed by atoms with Crippen LogP contribution in [0.2, 0.25) is 0 Å². The second-order valence-electron chi connectivity index (χ2n) is 6.68. The average molecular weight is 396 g/mol. The third-order valence-corrected chi connectivity index (χ3v) is 5.17. The maximum atomic E-state index is 12.3. The Bertz CT molecular complexity index is 1110. The van der Waals surface area contributed by atoms with Crippen LogP contribution in [0.4, 0.5) is 0 Å². The van der Waals surface area contributed by atoms with Crippen molar-refractivity contribution < 1.29 is 14.1 Å². The molecule has 1 aromatic carbocycles. The number of fused-ring (bicyclic) bond motifs is 1. The van der Waals surface area contributed by atoms with Crippen LogP contribution in [-0.4, -0.2) is 20.4 Å². The van der Waals surface area contributed by atoms with E-state index in [2.05, 4.69) is 15.5 Å². The zero-order chi connectivity index (χ0) is 19.7. The smallest absolute Gasteiger partial charge is 0.273 e. The number of nitrogens with zero attached hydrogens (tertiary/aromatic N) is 3. The van der Waals surface area contributed by atoms with Crippen molar-refractivity contribution >= 4 is 22.2 Å². The fraction of sp³-hybridized carbons (Fsp3) is 0.250. The number of carbonyl (C=O) groups excluding carboxylic acids is 1. The first-order valence-electron chi connectivity index (χ1n) is 8.86. The predicted octanol–water partition coefficient (Wildman–Crippen LogP) is 3.82. The van der Waals surface area contributed by atoms with Gasteiger partial charge in [0.2, 0.25) is 0 Å². The SMILES string of the molecule is Cc1ccc(C)c(OCc2cc(C(=O)NCc3cn4cc(C)sc4n3)no2)c1. The number of carbonyl (C=O) groups is 1. The van der Waals surface area contributed by atoms with E-state index in [1.807, 2.05) is 55.8 Å². The van der Waals surface area contributed by atoms with E-state index < -0.39 is 0 Å². The summed E-state index contributed by atoms with van der Waals surface area (Å²) in [6.45, 7) is 6.56. The van der Waals surface area contributed by atoms with Crippen LogP contribution in [0.15, 0.2) is 41.2 Å². The summed E-state index contributed by atoms with van der Waals surface area (Å²) in [5.41, 5.74) is 3.17. The van der Waals surface area contributed by atoms with Gasteiger partial charge in [0.15, 0.2) is 16.4 Å². The summed E-state index contributed by atoms with van der Waals surface area (Å²) in [7, 11) is 0. The normalized spacial score (nSPS) is 11.1. The lowest BCUT2D eigenvalue weighted by Crippen LogP contribution is -2.23. The van der Waals surface area contributed by atoms with E-state index in [-0.39, 0.29) is 18.2 Å². The summed E-state index contributed by atoms with van der Waals surface area (Å²) in [6, 6.07) is 7.60. The average Bonchev–Trinajstić information content (AvgIpc) is 3.35. The minimum Gasteiger partial charge on any atom is -0.485 e. The molecule has 0 atom stereocenters. The van der Waals surface area contributed by atoms with Gasteiger partial charge in [0.1, 0.15) is 12.4 Å². The van der Waals surface area contributed by atoms with E-state index in [1.165, 1.54) is 4.88 Å². The van der Waals surface area contributed by atoms with Gasteiger partial charge >= 0.3 is 0 Å². The van der Waals surface area contributed by atoms with E-state index in [0.29, 0.717) is 12.3 Å². The van der Waals surface area contributed by atoms with Crippen molar-refractivity contribution in [1.82, 2.24) is 19.9 Å². The number of benzene rings is 1. The standard InChI is InChI=1S/C20H20N4O3S/c1-12-4-5-13(2)18(6-12)26-11-16-7-17(23-27-16)19(25)21-8-15-10-24-9-14(3)28-20(24)22-15/h4-7,9-10H,8,11H2,1-3H3,(H,21,25). The molecule has 0 fully saturated rings. The van der Waals surface area contributed by atoms with Crippen molar-refractivity contribution in [3.05, 3.63) is 69.8 Å².